The minimum Gasteiger partial charge on any atom is -0.457 e. The van der Waals surface area contributed by atoms with Gasteiger partial charge >= 0.3 is 0 Å². The van der Waals surface area contributed by atoms with Crippen LogP contribution in [-0.2, 0) is 0 Å². The van der Waals surface area contributed by atoms with Gasteiger partial charge in [-0.3, -0.25) is 4.79 Å². The lowest BCUT2D eigenvalue weighted by molar-refractivity contribution is 0.0512. The van der Waals surface area contributed by atoms with Gasteiger partial charge in [-0.25, -0.2) is 0 Å². The molecular weight excluding hydrogens is 352 g/mol. The Morgan fingerprint density at radius 3 is 2.07 bits per heavy atom. The SMILES string of the molecule is O=C(c1ccc(Oc2ccccc2)cc1)N1C2CCC1CC(n1nccn1)C2. The van der Waals surface area contributed by atoms with Crippen molar-refractivity contribution in [2.45, 2.75) is 43.8 Å². The maximum atomic E-state index is 13.2. The highest BCUT2D eigenvalue weighted by molar-refractivity contribution is 5.95. The Kier molecular flexibility index (Phi) is 4.31. The summed E-state index contributed by atoms with van der Waals surface area (Å²) < 4.78 is 5.83. The van der Waals surface area contributed by atoms with E-state index in [0.717, 1.165) is 37.2 Å². The van der Waals surface area contributed by atoms with Crippen LogP contribution < -0.4 is 4.74 Å². The molecular formula is C22H22N4O2. The van der Waals surface area contributed by atoms with Crippen molar-refractivity contribution in [3.8, 4) is 11.5 Å². The number of hydrogen-bond donors (Lipinski definition) is 0. The largest absolute Gasteiger partial charge is 0.457 e. The van der Waals surface area contributed by atoms with Crippen LogP contribution in [0.25, 0.3) is 0 Å². The maximum absolute atomic E-state index is 13.2. The number of para-hydroxylation sites is 1. The van der Waals surface area contributed by atoms with Gasteiger partial charge in [-0.1, -0.05) is 18.2 Å². The number of hydrogen-bond acceptors (Lipinski definition) is 4. The summed E-state index contributed by atoms with van der Waals surface area (Å²) in [5.74, 6) is 1.63. The van der Waals surface area contributed by atoms with Crippen LogP contribution in [0.15, 0.2) is 67.0 Å². The van der Waals surface area contributed by atoms with Gasteiger partial charge in [0.1, 0.15) is 11.5 Å². The van der Waals surface area contributed by atoms with Crippen LogP contribution in [0, 0.1) is 0 Å². The summed E-state index contributed by atoms with van der Waals surface area (Å²) in [7, 11) is 0. The Labute approximate surface area is 163 Å². The van der Waals surface area contributed by atoms with Gasteiger partial charge in [0.25, 0.3) is 5.91 Å². The molecule has 0 spiro atoms. The molecule has 0 saturated carbocycles. The van der Waals surface area contributed by atoms with Crippen LogP contribution in [0.4, 0.5) is 0 Å². The summed E-state index contributed by atoms with van der Waals surface area (Å²) >= 11 is 0. The van der Waals surface area contributed by atoms with E-state index in [0.29, 0.717) is 5.56 Å². The Morgan fingerprint density at radius 1 is 0.821 bits per heavy atom. The van der Waals surface area contributed by atoms with Crippen molar-refractivity contribution in [3.05, 3.63) is 72.6 Å². The Hall–Kier alpha value is -3.15. The van der Waals surface area contributed by atoms with E-state index in [1.54, 1.807) is 12.4 Å². The minimum absolute atomic E-state index is 0.116. The quantitative estimate of drug-likeness (QED) is 0.690. The number of carbonyl (C=O) groups excluding carboxylic acids is 1. The average Bonchev–Trinajstić information content (AvgIpc) is 3.35. The van der Waals surface area contributed by atoms with Crippen LogP contribution in [0.3, 0.4) is 0 Å². The molecule has 6 nitrogen and oxygen atoms in total. The lowest BCUT2D eigenvalue weighted by atomic mass is 9.96. The average molecular weight is 374 g/mol. The normalized spacial score (nSPS) is 23.6. The van der Waals surface area contributed by atoms with E-state index in [4.69, 9.17) is 4.74 Å². The van der Waals surface area contributed by atoms with Gasteiger partial charge in [-0.2, -0.15) is 15.0 Å². The molecule has 3 aromatic rings. The van der Waals surface area contributed by atoms with E-state index in [-0.39, 0.29) is 24.0 Å². The zero-order valence-electron chi connectivity index (χ0n) is 15.5. The maximum Gasteiger partial charge on any atom is 0.254 e. The fourth-order valence-corrected chi connectivity index (χ4v) is 4.52. The molecule has 142 valence electrons. The van der Waals surface area contributed by atoms with Crippen molar-refractivity contribution < 1.29 is 9.53 Å². The number of rotatable bonds is 4. The number of piperidine rings is 1. The van der Waals surface area contributed by atoms with Crippen molar-refractivity contribution >= 4 is 5.91 Å². The molecule has 2 aromatic carbocycles. The Bertz CT molecular complexity index is 926. The predicted molar refractivity (Wildman–Crippen MR) is 104 cm³/mol. The highest BCUT2D eigenvalue weighted by Gasteiger charge is 2.44. The van der Waals surface area contributed by atoms with Gasteiger partial charge in [-0.05, 0) is 62.1 Å². The summed E-state index contributed by atoms with van der Waals surface area (Å²) in [6.07, 6.45) is 7.40. The first kappa shape index (κ1) is 17.0. The van der Waals surface area contributed by atoms with Gasteiger partial charge in [0.15, 0.2) is 0 Å². The fraction of sp³-hybridized carbons (Fsp3) is 0.318. The van der Waals surface area contributed by atoms with E-state index < -0.39 is 0 Å². The van der Waals surface area contributed by atoms with Crippen molar-refractivity contribution in [1.82, 2.24) is 19.9 Å². The van der Waals surface area contributed by atoms with E-state index in [9.17, 15) is 4.79 Å². The smallest absolute Gasteiger partial charge is 0.254 e. The van der Waals surface area contributed by atoms with Crippen LogP contribution in [0.5, 0.6) is 11.5 Å². The second-order valence-corrected chi connectivity index (χ2v) is 7.51. The molecule has 2 aliphatic heterocycles. The van der Waals surface area contributed by atoms with Crippen molar-refractivity contribution in [2.24, 2.45) is 0 Å². The molecule has 2 unspecified atom stereocenters. The summed E-state index contributed by atoms with van der Waals surface area (Å²) in [5.41, 5.74) is 0.716. The topological polar surface area (TPSA) is 60.2 Å². The summed E-state index contributed by atoms with van der Waals surface area (Å²) in [4.78, 5) is 17.1. The first-order valence-corrected chi connectivity index (χ1v) is 9.79. The zero-order chi connectivity index (χ0) is 18.9. The number of ether oxygens (including phenoxy) is 1. The lowest BCUT2D eigenvalue weighted by Crippen LogP contribution is -2.47. The molecule has 0 N–H and O–H groups in total. The highest BCUT2D eigenvalue weighted by atomic mass is 16.5. The molecule has 1 amide bonds. The monoisotopic (exact) mass is 374 g/mol. The molecule has 2 atom stereocenters. The number of benzene rings is 2. The zero-order valence-corrected chi connectivity index (χ0v) is 15.5. The molecule has 0 radical (unpaired) electrons. The van der Waals surface area contributed by atoms with E-state index in [2.05, 4.69) is 15.1 Å². The second-order valence-electron chi connectivity index (χ2n) is 7.51. The first-order valence-electron chi connectivity index (χ1n) is 9.79. The third kappa shape index (κ3) is 3.15. The molecule has 2 aliphatic rings. The number of fused-ring (bicyclic) bond motifs is 2. The fourth-order valence-electron chi connectivity index (χ4n) is 4.52. The standard InChI is InChI=1S/C22H22N4O2/c27-22(16-6-10-21(11-7-16)28-20-4-2-1-3-5-20)25-17-8-9-18(25)15-19(14-17)26-23-12-13-24-26/h1-7,10-13,17-19H,8-9,14-15H2. The van der Waals surface area contributed by atoms with Crippen molar-refractivity contribution in [2.75, 3.05) is 0 Å². The minimum atomic E-state index is 0.116. The molecule has 0 aliphatic carbocycles. The third-order valence-electron chi connectivity index (χ3n) is 5.79. The lowest BCUT2D eigenvalue weighted by Gasteiger charge is -2.38. The van der Waals surface area contributed by atoms with Crippen LogP contribution in [0.2, 0.25) is 0 Å². The highest BCUT2D eigenvalue weighted by Crippen LogP contribution is 2.41. The first-order chi connectivity index (χ1) is 13.8. The number of amides is 1. The summed E-state index contributed by atoms with van der Waals surface area (Å²) in [6, 6.07) is 17.9. The molecule has 28 heavy (non-hydrogen) atoms. The molecule has 6 heteroatoms. The number of carbonyl (C=O) groups is 1. The summed E-state index contributed by atoms with van der Waals surface area (Å²) in [5, 5.41) is 8.59. The third-order valence-corrected chi connectivity index (χ3v) is 5.79. The molecule has 2 fully saturated rings. The van der Waals surface area contributed by atoms with E-state index in [1.165, 1.54) is 0 Å². The Balaban J connectivity index is 1.29. The van der Waals surface area contributed by atoms with Gasteiger partial charge < -0.3 is 9.64 Å². The van der Waals surface area contributed by atoms with Gasteiger partial charge in [-0.15, -0.1) is 0 Å². The number of aromatic nitrogens is 3. The van der Waals surface area contributed by atoms with Crippen molar-refractivity contribution in [3.63, 3.8) is 0 Å². The van der Waals surface area contributed by atoms with E-state index in [1.807, 2.05) is 59.4 Å². The van der Waals surface area contributed by atoms with Crippen LogP contribution in [0.1, 0.15) is 42.1 Å². The second kappa shape index (κ2) is 7.11. The predicted octanol–water partition coefficient (Wildman–Crippen LogP) is 4.08. The van der Waals surface area contributed by atoms with E-state index >= 15 is 0 Å². The van der Waals surface area contributed by atoms with Crippen LogP contribution >= 0.6 is 0 Å². The summed E-state index contributed by atoms with van der Waals surface area (Å²) in [6.45, 7) is 0. The Morgan fingerprint density at radius 2 is 1.43 bits per heavy atom. The molecule has 3 heterocycles. The van der Waals surface area contributed by atoms with Gasteiger partial charge in [0.05, 0.1) is 18.4 Å². The molecule has 5 rings (SSSR count). The molecule has 2 saturated heterocycles. The van der Waals surface area contributed by atoms with Crippen LogP contribution in [-0.4, -0.2) is 37.9 Å². The molecule has 2 bridgehead atoms. The number of nitrogens with zero attached hydrogens (tertiary/aromatic N) is 4. The van der Waals surface area contributed by atoms with Gasteiger partial charge in [0, 0.05) is 17.6 Å². The molecule has 1 aromatic heterocycles. The van der Waals surface area contributed by atoms with Gasteiger partial charge in [0.2, 0.25) is 0 Å². The van der Waals surface area contributed by atoms with Crippen molar-refractivity contribution in [1.29, 1.82) is 0 Å².